The van der Waals surface area contributed by atoms with E-state index in [2.05, 4.69) is 85.8 Å². The Morgan fingerprint density at radius 2 is 1.00 bits per heavy atom. The number of hydrogen-bond acceptors (Lipinski definition) is 0. The number of rotatable bonds is 2. The molecule has 0 heterocycles. The van der Waals surface area contributed by atoms with E-state index in [1.807, 2.05) is 13.8 Å². The van der Waals surface area contributed by atoms with Crippen LogP contribution in [0.25, 0.3) is 22.3 Å². The molecule has 0 bridgehead atoms. The molecule has 3 rings (SSSR count). The van der Waals surface area contributed by atoms with Crippen LogP contribution in [0.1, 0.15) is 26.8 Å². The second-order valence-electron chi connectivity index (χ2n) is 4.78. The molecule has 0 fully saturated rings. The second-order valence-corrected chi connectivity index (χ2v) is 4.78. The number of benzene rings is 3. The fourth-order valence-electron chi connectivity index (χ4n) is 2.38. The smallest absolute Gasteiger partial charge is 0.0103 e. The van der Waals surface area contributed by atoms with Crippen LogP contribution in [0.4, 0.5) is 0 Å². The van der Waals surface area contributed by atoms with Crippen molar-refractivity contribution in [3.63, 3.8) is 0 Å². The molecule has 0 saturated carbocycles. The summed E-state index contributed by atoms with van der Waals surface area (Å²) in [4.78, 5) is 0. The van der Waals surface area contributed by atoms with Crippen LogP contribution >= 0.6 is 0 Å². The summed E-state index contributed by atoms with van der Waals surface area (Å²) in [6.45, 7) is 6.14. The SMILES string of the molecule is C.CC.Cc1ccc(-c2ccccc2)c(-c2ccccc2)c1. The minimum atomic E-state index is 0. The van der Waals surface area contributed by atoms with Gasteiger partial charge in [0.15, 0.2) is 0 Å². The number of aryl methyl sites for hydroxylation is 1. The highest BCUT2D eigenvalue weighted by Gasteiger charge is 2.06. The van der Waals surface area contributed by atoms with Gasteiger partial charge in [-0.15, -0.1) is 0 Å². The Balaban J connectivity index is 0.000000775. The minimum absolute atomic E-state index is 0. The van der Waals surface area contributed by atoms with Crippen molar-refractivity contribution < 1.29 is 0 Å². The molecule has 0 nitrogen and oxygen atoms in total. The zero-order valence-electron chi connectivity index (χ0n) is 13.0. The molecule has 0 saturated heterocycles. The van der Waals surface area contributed by atoms with Gasteiger partial charge in [0.2, 0.25) is 0 Å². The van der Waals surface area contributed by atoms with Gasteiger partial charge in [0.05, 0.1) is 0 Å². The maximum Gasteiger partial charge on any atom is -0.0103 e. The van der Waals surface area contributed by atoms with Crippen molar-refractivity contribution in [1.82, 2.24) is 0 Å². The van der Waals surface area contributed by atoms with Gasteiger partial charge in [-0.05, 0) is 29.2 Å². The summed E-state index contributed by atoms with van der Waals surface area (Å²) in [5.74, 6) is 0. The highest BCUT2D eigenvalue weighted by molar-refractivity contribution is 5.83. The van der Waals surface area contributed by atoms with Gasteiger partial charge in [-0.2, -0.15) is 0 Å². The maximum absolute atomic E-state index is 2.26. The van der Waals surface area contributed by atoms with Crippen molar-refractivity contribution in [2.45, 2.75) is 28.2 Å². The van der Waals surface area contributed by atoms with Crippen molar-refractivity contribution in [1.29, 1.82) is 0 Å². The summed E-state index contributed by atoms with van der Waals surface area (Å²) >= 11 is 0. The molecule has 0 aliphatic rings. The van der Waals surface area contributed by atoms with Gasteiger partial charge in [-0.3, -0.25) is 0 Å². The Morgan fingerprint density at radius 1 is 0.545 bits per heavy atom. The molecule has 0 aliphatic carbocycles. The fourth-order valence-corrected chi connectivity index (χ4v) is 2.38. The summed E-state index contributed by atoms with van der Waals surface area (Å²) in [6.07, 6.45) is 0. The van der Waals surface area contributed by atoms with E-state index in [-0.39, 0.29) is 7.43 Å². The predicted molar refractivity (Wildman–Crippen MR) is 100 cm³/mol. The Bertz CT molecular complexity index is 667. The largest absolute Gasteiger partial charge is 0.0776 e. The van der Waals surface area contributed by atoms with Crippen molar-refractivity contribution >= 4 is 0 Å². The van der Waals surface area contributed by atoms with Crippen molar-refractivity contribution in [2.75, 3.05) is 0 Å². The van der Waals surface area contributed by atoms with Gasteiger partial charge in [-0.1, -0.05) is 106 Å². The first-order valence-corrected chi connectivity index (χ1v) is 7.56. The van der Waals surface area contributed by atoms with Crippen LogP contribution in [0.2, 0.25) is 0 Å². The van der Waals surface area contributed by atoms with Crippen molar-refractivity contribution in [3.8, 4) is 22.3 Å². The highest BCUT2D eigenvalue weighted by Crippen LogP contribution is 2.32. The molecule has 0 unspecified atom stereocenters. The standard InChI is InChI=1S/C19H16.C2H6.CH4/c1-15-12-13-18(16-8-4-2-5-9-16)19(14-15)17-10-6-3-7-11-17;1-2;/h2-14H,1H3;1-2H3;1H4. The van der Waals surface area contributed by atoms with E-state index in [4.69, 9.17) is 0 Å². The van der Waals surface area contributed by atoms with Crippen LogP contribution in [0, 0.1) is 6.92 Å². The Kier molecular flexibility index (Phi) is 7.12. The van der Waals surface area contributed by atoms with Gasteiger partial charge in [0.25, 0.3) is 0 Å². The lowest BCUT2D eigenvalue weighted by Crippen LogP contribution is -1.86. The normalized spacial score (nSPS) is 9.23. The van der Waals surface area contributed by atoms with E-state index < -0.39 is 0 Å². The van der Waals surface area contributed by atoms with Crippen LogP contribution in [0.5, 0.6) is 0 Å². The van der Waals surface area contributed by atoms with Gasteiger partial charge in [0.1, 0.15) is 0 Å². The van der Waals surface area contributed by atoms with Gasteiger partial charge >= 0.3 is 0 Å². The zero-order chi connectivity index (χ0) is 15.1. The molecule has 0 atom stereocenters. The summed E-state index contributed by atoms with van der Waals surface area (Å²) in [5, 5.41) is 0. The second kappa shape index (κ2) is 8.84. The van der Waals surface area contributed by atoms with Gasteiger partial charge in [0, 0.05) is 0 Å². The Morgan fingerprint density at radius 3 is 1.50 bits per heavy atom. The van der Waals surface area contributed by atoms with E-state index in [0.29, 0.717) is 0 Å². The molecule has 22 heavy (non-hydrogen) atoms. The first-order chi connectivity index (χ1) is 10.3. The number of hydrogen-bond donors (Lipinski definition) is 0. The molecule has 3 aromatic rings. The molecule has 0 aromatic heterocycles. The van der Waals surface area contributed by atoms with E-state index in [1.54, 1.807) is 0 Å². The minimum Gasteiger partial charge on any atom is -0.0776 e. The van der Waals surface area contributed by atoms with E-state index in [0.717, 1.165) is 0 Å². The van der Waals surface area contributed by atoms with Crippen LogP contribution in [0.15, 0.2) is 78.9 Å². The summed E-state index contributed by atoms with van der Waals surface area (Å²) in [7, 11) is 0. The van der Waals surface area contributed by atoms with Crippen LogP contribution in [-0.4, -0.2) is 0 Å². The fraction of sp³-hybridized carbons (Fsp3) is 0.182. The highest BCUT2D eigenvalue weighted by atomic mass is 14.1. The quantitative estimate of drug-likeness (QED) is 0.477. The molecule has 3 aromatic carbocycles. The van der Waals surface area contributed by atoms with Gasteiger partial charge in [-0.25, -0.2) is 0 Å². The third-order valence-electron chi connectivity index (χ3n) is 3.34. The molecule has 0 spiro atoms. The zero-order valence-corrected chi connectivity index (χ0v) is 13.0. The summed E-state index contributed by atoms with van der Waals surface area (Å²) in [6, 6.07) is 27.8. The lowest BCUT2D eigenvalue weighted by atomic mass is 9.93. The van der Waals surface area contributed by atoms with Crippen LogP contribution in [-0.2, 0) is 0 Å². The molecule has 114 valence electrons. The molecule has 0 amide bonds. The predicted octanol–water partition coefficient (Wildman–Crippen LogP) is 6.99. The molecular formula is C22H26. The lowest BCUT2D eigenvalue weighted by molar-refractivity contribution is 1.46. The summed E-state index contributed by atoms with van der Waals surface area (Å²) in [5.41, 5.74) is 6.41. The first kappa shape index (κ1) is 17.7. The third kappa shape index (κ3) is 4.08. The topological polar surface area (TPSA) is 0 Å². The van der Waals surface area contributed by atoms with Gasteiger partial charge < -0.3 is 0 Å². The van der Waals surface area contributed by atoms with Crippen molar-refractivity contribution in [2.24, 2.45) is 0 Å². The van der Waals surface area contributed by atoms with Crippen LogP contribution in [0.3, 0.4) is 0 Å². The van der Waals surface area contributed by atoms with E-state index >= 15 is 0 Å². The lowest BCUT2D eigenvalue weighted by Gasteiger charge is -2.11. The summed E-state index contributed by atoms with van der Waals surface area (Å²) < 4.78 is 0. The van der Waals surface area contributed by atoms with Crippen molar-refractivity contribution in [3.05, 3.63) is 84.4 Å². The maximum atomic E-state index is 2.26. The average molecular weight is 290 g/mol. The van der Waals surface area contributed by atoms with E-state index in [1.165, 1.54) is 27.8 Å². The molecule has 0 heteroatoms. The Hall–Kier alpha value is -2.34. The third-order valence-corrected chi connectivity index (χ3v) is 3.34. The van der Waals surface area contributed by atoms with E-state index in [9.17, 15) is 0 Å². The molecule has 0 N–H and O–H groups in total. The molecule has 0 radical (unpaired) electrons. The monoisotopic (exact) mass is 290 g/mol. The Labute approximate surface area is 135 Å². The molecule has 0 aliphatic heterocycles. The molecular weight excluding hydrogens is 264 g/mol. The first-order valence-electron chi connectivity index (χ1n) is 7.56. The van der Waals surface area contributed by atoms with Crippen LogP contribution < -0.4 is 0 Å². The average Bonchev–Trinajstić information content (AvgIpc) is 2.58.